The lowest BCUT2D eigenvalue weighted by Gasteiger charge is -2.18. The van der Waals surface area contributed by atoms with Gasteiger partial charge >= 0.3 is 17.9 Å². The van der Waals surface area contributed by atoms with Gasteiger partial charge in [-0.1, -0.05) is 223 Å². The summed E-state index contributed by atoms with van der Waals surface area (Å²) < 4.78 is 16.7. The fourth-order valence-corrected chi connectivity index (χ4v) is 6.97. The monoisotopic (exact) mass is 1000 g/mol. The van der Waals surface area contributed by atoms with E-state index in [0.717, 1.165) is 135 Å². The van der Waals surface area contributed by atoms with Gasteiger partial charge in [0.15, 0.2) is 6.10 Å². The Morgan fingerprint density at radius 2 is 0.562 bits per heavy atom. The predicted octanol–water partition coefficient (Wildman–Crippen LogP) is 19.5. The largest absolute Gasteiger partial charge is 0.462 e. The molecule has 0 fully saturated rings. The molecule has 0 N–H and O–H groups in total. The fourth-order valence-electron chi connectivity index (χ4n) is 6.97. The summed E-state index contributed by atoms with van der Waals surface area (Å²) in [6.45, 7) is 6.25. The van der Waals surface area contributed by atoms with E-state index in [4.69, 9.17) is 14.2 Å². The van der Waals surface area contributed by atoms with Crippen LogP contribution in [0.25, 0.3) is 0 Å². The number of ether oxygens (including phenoxy) is 3. The minimum Gasteiger partial charge on any atom is -0.462 e. The van der Waals surface area contributed by atoms with Crippen LogP contribution in [0.15, 0.2) is 170 Å². The number of carbonyl (C=O) groups is 3. The topological polar surface area (TPSA) is 78.9 Å². The van der Waals surface area contributed by atoms with Crippen LogP contribution < -0.4 is 0 Å². The standard InChI is InChI=1S/C67H102O6/c1-4-7-10-13-16-19-22-25-28-31-33-36-38-41-44-47-50-53-56-59-65(68)71-62-64(73-67(70)61-58-55-52-49-46-43-40-35-30-27-24-21-18-15-12-9-6-3)63-72-66(69)60-57-54-51-48-45-42-39-37-34-32-29-26-23-20-17-14-11-8-5-2/h7,9-10,12,16-21,25-30,33-34,36-37,40-45,50,53,64H,4-6,8,11,13-15,22-24,31-32,35,38-39,46-49,51-52,54-63H2,1-3H3/b10-7-,12-9-,19-16-,20-17-,21-18-,28-25-,29-26-,30-27-,36-33-,37-34-,43-40-,44-41-,45-42-,53-50-/t64-/m1/s1. The molecule has 6 heteroatoms. The van der Waals surface area contributed by atoms with Gasteiger partial charge in [-0.25, -0.2) is 0 Å². The Labute approximate surface area is 447 Å². The number of allylic oxidation sites excluding steroid dienone is 28. The molecule has 0 radical (unpaired) electrons. The summed E-state index contributed by atoms with van der Waals surface area (Å²) >= 11 is 0. The highest BCUT2D eigenvalue weighted by molar-refractivity contribution is 5.71. The van der Waals surface area contributed by atoms with Crippen LogP contribution in [0.5, 0.6) is 0 Å². The maximum atomic E-state index is 12.9. The zero-order valence-corrected chi connectivity index (χ0v) is 46.3. The van der Waals surface area contributed by atoms with E-state index in [1.165, 1.54) is 25.7 Å². The van der Waals surface area contributed by atoms with E-state index >= 15 is 0 Å². The Hall–Kier alpha value is -5.23. The first-order valence-electron chi connectivity index (χ1n) is 28.6. The van der Waals surface area contributed by atoms with Crippen molar-refractivity contribution in [2.45, 2.75) is 219 Å². The summed E-state index contributed by atoms with van der Waals surface area (Å²) in [6.07, 6.45) is 87.8. The second kappa shape index (κ2) is 59.3. The molecule has 0 amide bonds. The van der Waals surface area contributed by atoms with E-state index < -0.39 is 6.10 Å². The highest BCUT2D eigenvalue weighted by atomic mass is 16.6. The van der Waals surface area contributed by atoms with Gasteiger partial charge in [-0.05, 0) is 141 Å². The van der Waals surface area contributed by atoms with Crippen LogP contribution in [0.1, 0.15) is 213 Å². The van der Waals surface area contributed by atoms with E-state index in [1.54, 1.807) is 0 Å². The Bertz CT molecular complexity index is 1720. The number of rotatable bonds is 49. The van der Waals surface area contributed by atoms with Crippen molar-refractivity contribution >= 4 is 17.9 Å². The minimum absolute atomic E-state index is 0.137. The number of hydrogen-bond acceptors (Lipinski definition) is 6. The van der Waals surface area contributed by atoms with Gasteiger partial charge < -0.3 is 14.2 Å². The van der Waals surface area contributed by atoms with Crippen LogP contribution in [0.2, 0.25) is 0 Å². The Morgan fingerprint density at radius 1 is 0.288 bits per heavy atom. The molecule has 0 bridgehead atoms. The molecule has 0 aliphatic heterocycles. The molecule has 0 aliphatic carbocycles. The maximum Gasteiger partial charge on any atom is 0.306 e. The van der Waals surface area contributed by atoms with Crippen molar-refractivity contribution in [1.82, 2.24) is 0 Å². The Balaban J connectivity index is 4.64. The van der Waals surface area contributed by atoms with Crippen molar-refractivity contribution < 1.29 is 28.6 Å². The summed E-state index contributed by atoms with van der Waals surface area (Å²) in [5, 5.41) is 0. The minimum atomic E-state index is -0.845. The highest BCUT2D eigenvalue weighted by Crippen LogP contribution is 2.11. The maximum absolute atomic E-state index is 12.9. The summed E-state index contributed by atoms with van der Waals surface area (Å²) in [6, 6.07) is 0. The smallest absolute Gasteiger partial charge is 0.306 e. The third kappa shape index (κ3) is 57.5. The second-order valence-corrected chi connectivity index (χ2v) is 18.1. The van der Waals surface area contributed by atoms with Crippen LogP contribution in [0, 0.1) is 0 Å². The molecule has 0 aliphatic rings. The van der Waals surface area contributed by atoms with Crippen LogP contribution in [-0.4, -0.2) is 37.2 Å². The quantitative estimate of drug-likeness (QED) is 0.0261. The van der Waals surface area contributed by atoms with Crippen molar-refractivity contribution in [3.63, 3.8) is 0 Å². The average Bonchev–Trinajstić information content (AvgIpc) is 3.39. The molecule has 0 aromatic heterocycles. The van der Waals surface area contributed by atoms with Gasteiger partial charge in [0.25, 0.3) is 0 Å². The summed E-state index contributed by atoms with van der Waals surface area (Å²) in [5.41, 5.74) is 0. The molecule has 0 aromatic rings. The Morgan fingerprint density at radius 3 is 0.918 bits per heavy atom. The number of esters is 3. The third-order valence-electron chi connectivity index (χ3n) is 11.2. The Kier molecular flexibility index (Phi) is 55.1. The van der Waals surface area contributed by atoms with Gasteiger partial charge in [-0.2, -0.15) is 0 Å². The summed E-state index contributed by atoms with van der Waals surface area (Å²) in [7, 11) is 0. The van der Waals surface area contributed by atoms with Crippen molar-refractivity contribution in [3.8, 4) is 0 Å². The molecule has 0 saturated heterocycles. The SMILES string of the molecule is CC/C=C\C/C=C\C/C=C\C/C=C\C/C=C\C/C=C\CCC(=O)OC[C@H](COC(=O)CCCCC/C=C\C/C=C\C/C=C\C/C=C\CCCCC)OC(=O)CCCCCC/C=C\C/C=C\C/C=C\C/C=C\CC. The summed E-state index contributed by atoms with van der Waals surface area (Å²) in [5.74, 6) is -1.09. The van der Waals surface area contributed by atoms with Crippen LogP contribution in [0.3, 0.4) is 0 Å². The number of hydrogen-bond donors (Lipinski definition) is 0. The van der Waals surface area contributed by atoms with Crippen LogP contribution >= 0.6 is 0 Å². The second-order valence-electron chi connectivity index (χ2n) is 18.1. The first-order valence-corrected chi connectivity index (χ1v) is 28.6. The van der Waals surface area contributed by atoms with E-state index in [1.807, 2.05) is 12.2 Å². The van der Waals surface area contributed by atoms with Crippen molar-refractivity contribution in [2.24, 2.45) is 0 Å². The molecule has 1 atom stereocenters. The normalized spacial score (nSPS) is 13.4. The van der Waals surface area contributed by atoms with Crippen LogP contribution in [0.4, 0.5) is 0 Å². The molecule has 0 spiro atoms. The van der Waals surface area contributed by atoms with Gasteiger partial charge in [-0.15, -0.1) is 0 Å². The van der Waals surface area contributed by atoms with E-state index in [-0.39, 0.29) is 44.0 Å². The third-order valence-corrected chi connectivity index (χ3v) is 11.2. The lowest BCUT2D eigenvalue weighted by atomic mass is 10.1. The molecule has 0 unspecified atom stereocenters. The molecular weight excluding hydrogens is 901 g/mol. The van der Waals surface area contributed by atoms with E-state index in [0.29, 0.717) is 19.3 Å². The molecule has 0 heterocycles. The fraction of sp³-hybridized carbons (Fsp3) is 0.537. The number of unbranched alkanes of at least 4 members (excludes halogenated alkanes) is 10. The molecule has 406 valence electrons. The lowest BCUT2D eigenvalue weighted by Crippen LogP contribution is -2.30. The van der Waals surface area contributed by atoms with Gasteiger partial charge in [0.05, 0.1) is 0 Å². The van der Waals surface area contributed by atoms with Crippen molar-refractivity contribution in [1.29, 1.82) is 0 Å². The molecule has 0 saturated carbocycles. The lowest BCUT2D eigenvalue weighted by molar-refractivity contribution is -0.166. The van der Waals surface area contributed by atoms with Gasteiger partial charge in [0.1, 0.15) is 13.2 Å². The zero-order valence-electron chi connectivity index (χ0n) is 46.3. The van der Waals surface area contributed by atoms with Gasteiger partial charge in [-0.3, -0.25) is 14.4 Å². The number of carbonyl (C=O) groups excluding carboxylic acids is 3. The predicted molar refractivity (Wildman–Crippen MR) is 315 cm³/mol. The van der Waals surface area contributed by atoms with Crippen LogP contribution in [-0.2, 0) is 28.6 Å². The molecule has 0 rings (SSSR count). The zero-order chi connectivity index (χ0) is 52.9. The van der Waals surface area contributed by atoms with Crippen molar-refractivity contribution in [2.75, 3.05) is 13.2 Å². The molecule has 73 heavy (non-hydrogen) atoms. The van der Waals surface area contributed by atoms with Crippen molar-refractivity contribution in [3.05, 3.63) is 170 Å². The van der Waals surface area contributed by atoms with E-state index in [2.05, 4.69) is 179 Å². The van der Waals surface area contributed by atoms with E-state index in [9.17, 15) is 14.4 Å². The molecule has 6 nitrogen and oxygen atoms in total. The van der Waals surface area contributed by atoms with Gasteiger partial charge in [0.2, 0.25) is 0 Å². The van der Waals surface area contributed by atoms with Gasteiger partial charge in [0, 0.05) is 19.3 Å². The molecular formula is C67H102O6. The summed E-state index contributed by atoms with van der Waals surface area (Å²) in [4.78, 5) is 38.2. The molecule has 0 aromatic carbocycles. The first-order chi connectivity index (χ1) is 36.0. The highest BCUT2D eigenvalue weighted by Gasteiger charge is 2.19. The average molecular weight is 1000 g/mol. The first kappa shape index (κ1) is 67.8.